The highest BCUT2D eigenvalue weighted by Gasteiger charge is 2.03. The van der Waals surface area contributed by atoms with Gasteiger partial charge in [-0.2, -0.15) is 0 Å². The lowest BCUT2D eigenvalue weighted by Crippen LogP contribution is -1.92. The predicted octanol–water partition coefficient (Wildman–Crippen LogP) is 2.25. The summed E-state index contributed by atoms with van der Waals surface area (Å²) in [7, 11) is 0. The Morgan fingerprint density at radius 2 is 2.00 bits per heavy atom. The molecule has 1 aromatic rings. The molecular weight excluding hydrogens is 179 g/mol. The van der Waals surface area contributed by atoms with Crippen LogP contribution in [0.5, 0.6) is 0 Å². The summed E-state index contributed by atoms with van der Waals surface area (Å²) in [6.45, 7) is -1.01. The molecule has 0 unspecified atom stereocenters. The fraction of sp³-hybridized carbons (Fsp3) is 0.167. The van der Waals surface area contributed by atoms with Crippen molar-refractivity contribution in [2.24, 2.45) is 0 Å². The molecule has 0 aliphatic carbocycles. The van der Waals surface area contributed by atoms with Crippen molar-refractivity contribution >= 4 is 12.4 Å². The topological polar surface area (TPSA) is 12.9 Å². The summed E-state index contributed by atoms with van der Waals surface area (Å²) in [6, 6.07) is 0.599. The first kappa shape index (κ1) is 10.2. The van der Waals surface area contributed by atoms with E-state index in [0.717, 1.165) is 6.20 Å². The zero-order valence-corrected chi connectivity index (χ0v) is 6.17. The molecule has 0 saturated heterocycles. The molecule has 11 heavy (non-hydrogen) atoms. The molecule has 1 rings (SSSR count). The summed E-state index contributed by atoms with van der Waals surface area (Å²) in [5.74, 6) is -1.74. The Morgan fingerprint density at radius 3 is 2.45 bits per heavy atom. The lowest BCUT2D eigenvalue weighted by Gasteiger charge is -1.93. The summed E-state index contributed by atoms with van der Waals surface area (Å²) in [5.41, 5.74) is -0.360. The molecule has 0 aromatic carbocycles. The molecule has 62 valence electrons. The lowest BCUT2D eigenvalue weighted by molar-refractivity contribution is 0.447. The standard InChI is InChI=1S/C6H4F3N.ClH/c7-2-6-5(9)1-4(8)3-10-6;/h1,3H,2H2;1H. The Balaban J connectivity index is 0.000001000. The lowest BCUT2D eigenvalue weighted by atomic mass is 10.3. The zero-order valence-electron chi connectivity index (χ0n) is 5.35. The highest BCUT2D eigenvalue weighted by Crippen LogP contribution is 2.06. The van der Waals surface area contributed by atoms with Gasteiger partial charge in [0.2, 0.25) is 0 Å². The maximum absolute atomic E-state index is 12.3. The molecule has 0 amide bonds. The van der Waals surface area contributed by atoms with Crippen LogP contribution in [0.2, 0.25) is 0 Å². The van der Waals surface area contributed by atoms with E-state index in [-0.39, 0.29) is 18.1 Å². The minimum absolute atomic E-state index is 0. The van der Waals surface area contributed by atoms with Crippen LogP contribution in [-0.4, -0.2) is 4.98 Å². The van der Waals surface area contributed by atoms with Gasteiger partial charge in [-0.25, -0.2) is 13.2 Å². The van der Waals surface area contributed by atoms with E-state index in [1.165, 1.54) is 0 Å². The van der Waals surface area contributed by atoms with Crippen molar-refractivity contribution < 1.29 is 13.2 Å². The second kappa shape index (κ2) is 4.18. The number of alkyl halides is 1. The van der Waals surface area contributed by atoms with Crippen molar-refractivity contribution in [1.82, 2.24) is 4.98 Å². The van der Waals surface area contributed by atoms with Crippen molar-refractivity contribution in [1.29, 1.82) is 0 Å². The molecule has 0 radical (unpaired) electrons. The quantitative estimate of drug-likeness (QED) is 0.651. The third-order valence-corrected chi connectivity index (χ3v) is 1.01. The molecule has 0 atom stereocenters. The van der Waals surface area contributed by atoms with Gasteiger partial charge >= 0.3 is 0 Å². The zero-order chi connectivity index (χ0) is 7.56. The van der Waals surface area contributed by atoms with E-state index >= 15 is 0 Å². The maximum Gasteiger partial charge on any atom is 0.150 e. The number of pyridine rings is 1. The predicted molar refractivity (Wildman–Crippen MR) is 36.2 cm³/mol. The number of aromatic nitrogens is 1. The van der Waals surface area contributed by atoms with Crippen molar-refractivity contribution in [3.63, 3.8) is 0 Å². The molecule has 1 nitrogen and oxygen atoms in total. The molecule has 1 heterocycles. The molecule has 1 aromatic heterocycles. The van der Waals surface area contributed by atoms with Crippen molar-refractivity contribution in [2.75, 3.05) is 0 Å². The Hall–Kier alpha value is -0.770. The number of rotatable bonds is 1. The van der Waals surface area contributed by atoms with Gasteiger partial charge in [-0.15, -0.1) is 12.4 Å². The summed E-state index contributed by atoms with van der Waals surface area (Å²) in [5, 5.41) is 0. The van der Waals surface area contributed by atoms with Gasteiger partial charge in [0, 0.05) is 6.07 Å². The van der Waals surface area contributed by atoms with Crippen molar-refractivity contribution in [3.8, 4) is 0 Å². The van der Waals surface area contributed by atoms with E-state index in [1.54, 1.807) is 0 Å². The summed E-state index contributed by atoms with van der Waals surface area (Å²) in [4.78, 5) is 3.17. The van der Waals surface area contributed by atoms with Gasteiger partial charge in [0.25, 0.3) is 0 Å². The van der Waals surface area contributed by atoms with Crippen LogP contribution >= 0.6 is 12.4 Å². The van der Waals surface area contributed by atoms with Crippen LogP contribution in [0.4, 0.5) is 13.2 Å². The highest BCUT2D eigenvalue weighted by molar-refractivity contribution is 5.85. The first-order valence-corrected chi connectivity index (χ1v) is 2.60. The van der Waals surface area contributed by atoms with E-state index in [4.69, 9.17) is 0 Å². The number of hydrogen-bond acceptors (Lipinski definition) is 1. The smallest absolute Gasteiger partial charge is 0.150 e. The molecule has 5 heteroatoms. The third-order valence-electron chi connectivity index (χ3n) is 1.01. The summed E-state index contributed by atoms with van der Waals surface area (Å²) < 4.78 is 36.1. The second-order valence-electron chi connectivity index (χ2n) is 1.72. The number of nitrogens with zero attached hydrogens (tertiary/aromatic N) is 1. The van der Waals surface area contributed by atoms with Crippen molar-refractivity contribution in [3.05, 3.63) is 29.6 Å². The van der Waals surface area contributed by atoms with Gasteiger partial charge < -0.3 is 0 Å². The average Bonchev–Trinajstić information content (AvgIpc) is 1.88. The fourth-order valence-electron chi connectivity index (χ4n) is 0.541. The van der Waals surface area contributed by atoms with Gasteiger partial charge in [0.05, 0.1) is 6.20 Å². The average molecular weight is 184 g/mol. The molecule has 0 aliphatic heterocycles. The van der Waals surface area contributed by atoms with E-state index in [9.17, 15) is 13.2 Å². The Labute approximate surface area is 67.7 Å². The van der Waals surface area contributed by atoms with Gasteiger partial charge in [0.15, 0.2) is 0 Å². The van der Waals surface area contributed by atoms with Crippen molar-refractivity contribution in [2.45, 2.75) is 6.67 Å². The van der Waals surface area contributed by atoms with Crippen LogP contribution in [0.25, 0.3) is 0 Å². The van der Waals surface area contributed by atoms with E-state index in [0.29, 0.717) is 6.07 Å². The van der Waals surface area contributed by atoms with E-state index in [1.807, 2.05) is 0 Å². The minimum atomic E-state index is -1.01. The van der Waals surface area contributed by atoms with Gasteiger partial charge in [-0.1, -0.05) is 0 Å². The normalized spacial score (nSPS) is 9.00. The van der Waals surface area contributed by atoms with Crippen LogP contribution in [0.15, 0.2) is 12.3 Å². The first-order valence-electron chi connectivity index (χ1n) is 2.60. The SMILES string of the molecule is Cl.FCc1ncc(F)cc1F. The molecule has 0 spiro atoms. The largest absolute Gasteiger partial charge is 0.252 e. The van der Waals surface area contributed by atoms with Crippen LogP contribution in [-0.2, 0) is 6.67 Å². The molecular formula is C6H5ClF3N. The highest BCUT2D eigenvalue weighted by atomic mass is 35.5. The molecule has 0 bridgehead atoms. The first-order chi connectivity index (χ1) is 4.74. The van der Waals surface area contributed by atoms with E-state index < -0.39 is 18.3 Å². The Kier molecular flexibility index (Phi) is 3.89. The summed E-state index contributed by atoms with van der Waals surface area (Å²) >= 11 is 0. The third kappa shape index (κ3) is 2.38. The minimum Gasteiger partial charge on any atom is -0.252 e. The number of hydrogen-bond donors (Lipinski definition) is 0. The molecule has 0 N–H and O–H groups in total. The molecule has 0 saturated carbocycles. The monoisotopic (exact) mass is 183 g/mol. The summed E-state index contributed by atoms with van der Waals surface area (Å²) in [6.07, 6.45) is 0.776. The second-order valence-corrected chi connectivity index (χ2v) is 1.72. The van der Waals surface area contributed by atoms with Gasteiger partial charge in [-0.05, 0) is 0 Å². The van der Waals surface area contributed by atoms with Crippen LogP contribution < -0.4 is 0 Å². The molecule has 0 aliphatic rings. The fourth-order valence-corrected chi connectivity index (χ4v) is 0.541. The van der Waals surface area contributed by atoms with Crippen LogP contribution in [0, 0.1) is 11.6 Å². The van der Waals surface area contributed by atoms with E-state index in [2.05, 4.69) is 4.98 Å². The van der Waals surface area contributed by atoms with Crippen LogP contribution in [0.1, 0.15) is 5.69 Å². The number of halogens is 4. The van der Waals surface area contributed by atoms with Gasteiger partial charge in [0.1, 0.15) is 24.0 Å². The Morgan fingerprint density at radius 1 is 1.36 bits per heavy atom. The Bertz CT molecular complexity index is 241. The van der Waals surface area contributed by atoms with Gasteiger partial charge in [-0.3, -0.25) is 4.98 Å². The van der Waals surface area contributed by atoms with Crippen LogP contribution in [0.3, 0.4) is 0 Å². The maximum atomic E-state index is 12.3. The molecule has 0 fully saturated rings.